The number of morpholine rings is 1. The Morgan fingerprint density at radius 1 is 1.20 bits per heavy atom. The Balaban J connectivity index is 1.29. The summed E-state index contributed by atoms with van der Waals surface area (Å²) in [6.07, 6.45) is 6.62. The van der Waals surface area contributed by atoms with Gasteiger partial charge in [0.1, 0.15) is 39.7 Å². The van der Waals surface area contributed by atoms with Crippen molar-refractivity contribution in [1.82, 2.24) is 24.8 Å². The van der Waals surface area contributed by atoms with Gasteiger partial charge in [-0.1, -0.05) is 0 Å². The van der Waals surface area contributed by atoms with Gasteiger partial charge >= 0.3 is 6.01 Å². The van der Waals surface area contributed by atoms with Crippen molar-refractivity contribution in [1.29, 1.82) is 5.26 Å². The first-order valence-electron chi connectivity index (χ1n) is 16.6. The molecule has 258 valence electrons. The molecule has 0 spiro atoms. The van der Waals surface area contributed by atoms with E-state index >= 15 is 8.78 Å². The number of likely N-dealkylation sites (N-methyl/N-ethyl adjacent to an activating group) is 1. The first-order valence-corrected chi connectivity index (χ1v) is 17.4. The Bertz CT molecular complexity index is 1990. The van der Waals surface area contributed by atoms with Crippen LogP contribution in [-0.4, -0.2) is 96.1 Å². The number of ether oxygens (including phenoxy) is 2. The summed E-state index contributed by atoms with van der Waals surface area (Å²) in [5, 5.41) is 13.6. The second-order valence-corrected chi connectivity index (χ2v) is 15.0. The van der Waals surface area contributed by atoms with Crippen LogP contribution >= 0.6 is 11.3 Å². The summed E-state index contributed by atoms with van der Waals surface area (Å²) >= 11 is 0.839. The lowest BCUT2D eigenvalue weighted by Crippen LogP contribution is -2.54. The van der Waals surface area contributed by atoms with E-state index in [-0.39, 0.29) is 60.2 Å². The summed E-state index contributed by atoms with van der Waals surface area (Å²) in [6.45, 7) is 11.0. The predicted molar refractivity (Wildman–Crippen MR) is 184 cm³/mol. The Labute approximate surface area is 287 Å². The molecule has 1 aromatic carbocycles. The minimum atomic E-state index is -1.07. The third-order valence-corrected chi connectivity index (χ3v) is 11.7. The molecule has 2 aliphatic carbocycles. The molecule has 7 rings (SSSR count). The molecule has 0 amide bonds. The van der Waals surface area contributed by atoms with Crippen molar-refractivity contribution in [2.75, 3.05) is 52.3 Å². The topological polar surface area (TPSA) is 112 Å². The van der Waals surface area contributed by atoms with E-state index < -0.39 is 23.1 Å². The van der Waals surface area contributed by atoms with Crippen LogP contribution in [0.15, 0.2) is 17.3 Å². The van der Waals surface area contributed by atoms with Gasteiger partial charge in [0.2, 0.25) is 0 Å². The second kappa shape index (κ2) is 12.8. The Morgan fingerprint density at radius 3 is 2.63 bits per heavy atom. The fraction of sp³-hybridized carbons (Fsp3) is 0.514. The largest absolute Gasteiger partial charge is 0.463 e. The van der Waals surface area contributed by atoms with Crippen LogP contribution in [0.2, 0.25) is 0 Å². The summed E-state index contributed by atoms with van der Waals surface area (Å²) < 4.78 is 59.4. The van der Waals surface area contributed by atoms with Crippen LogP contribution < -0.4 is 10.1 Å². The number of benzene rings is 1. The van der Waals surface area contributed by atoms with Gasteiger partial charge in [-0.3, -0.25) is 14.9 Å². The molecule has 3 aromatic heterocycles. The summed E-state index contributed by atoms with van der Waals surface area (Å²) in [4.78, 5) is 22.0. The molecular formula is C35H39F3N8O2S. The SMILES string of the molecule is C=Nc1sc2c(F)cc(F)c(-c3ncc4c(NCC5(N(C)C)CCC5)nc(OCC5(CN6C[C@@H](C)OC[C@@H]6C)CC5)nc4c3F)c2c1C#N. The van der Waals surface area contributed by atoms with E-state index in [0.29, 0.717) is 37.7 Å². The summed E-state index contributed by atoms with van der Waals surface area (Å²) in [5.74, 6) is -2.54. The summed E-state index contributed by atoms with van der Waals surface area (Å²) in [6, 6.07) is 2.90. The average molecular weight is 693 g/mol. The van der Waals surface area contributed by atoms with E-state index in [2.05, 4.69) is 50.6 Å². The monoisotopic (exact) mass is 692 g/mol. The molecule has 49 heavy (non-hydrogen) atoms. The zero-order chi connectivity index (χ0) is 34.7. The lowest BCUT2D eigenvalue weighted by Gasteiger charge is -2.47. The van der Waals surface area contributed by atoms with Crippen LogP contribution in [0.25, 0.3) is 32.2 Å². The van der Waals surface area contributed by atoms with Gasteiger partial charge in [0.15, 0.2) is 5.82 Å². The zero-order valence-corrected chi connectivity index (χ0v) is 28.9. The number of aliphatic imine (C=N–C) groups is 1. The van der Waals surface area contributed by atoms with Crippen LogP contribution in [0.1, 0.15) is 51.5 Å². The maximum Gasteiger partial charge on any atom is 0.319 e. The molecule has 4 aromatic rings. The van der Waals surface area contributed by atoms with Crippen LogP contribution in [0, 0.1) is 34.2 Å². The average Bonchev–Trinajstić information content (AvgIpc) is 3.71. The van der Waals surface area contributed by atoms with E-state index in [0.717, 1.165) is 56.5 Å². The number of fused-ring (bicyclic) bond motifs is 2. The molecule has 2 saturated carbocycles. The van der Waals surface area contributed by atoms with E-state index in [9.17, 15) is 9.65 Å². The van der Waals surface area contributed by atoms with E-state index in [1.807, 2.05) is 20.2 Å². The highest BCUT2D eigenvalue weighted by molar-refractivity contribution is 7.23. The number of thiophene rings is 1. The van der Waals surface area contributed by atoms with Gasteiger partial charge in [-0.15, -0.1) is 11.3 Å². The molecule has 14 heteroatoms. The number of anilines is 1. The molecule has 0 bridgehead atoms. The van der Waals surface area contributed by atoms with Crippen LogP contribution in [0.4, 0.5) is 24.0 Å². The van der Waals surface area contributed by atoms with Gasteiger partial charge < -0.3 is 19.7 Å². The number of nitrogens with zero attached hydrogens (tertiary/aromatic N) is 7. The van der Waals surface area contributed by atoms with Crippen LogP contribution in [0.3, 0.4) is 0 Å². The van der Waals surface area contributed by atoms with E-state index in [1.54, 1.807) is 0 Å². The molecule has 2 atom stereocenters. The fourth-order valence-electron chi connectivity index (χ4n) is 7.03. The quantitative estimate of drug-likeness (QED) is 0.172. The standard InChI is InChI=1S/C35H39F3N8O2S/c1-19-15-47-20(2)14-46(19)17-34(9-10-34)18-48-33-43-28-22(31(44-33)42-16-35(45(4)5)7-6-8-35)13-41-29(27(28)38)26-23(36)11-24(37)30-25(26)21(12-39)32(40-3)49-30/h11,13,19-20H,3,6-10,14-18H2,1-2,4-5H3,(H,42,43,44)/t19-,20+/m0/s1. The van der Waals surface area contributed by atoms with Crippen LogP contribution in [-0.2, 0) is 4.74 Å². The van der Waals surface area contributed by atoms with Gasteiger partial charge in [-0.2, -0.15) is 15.2 Å². The number of hydrogen-bond acceptors (Lipinski definition) is 11. The lowest BCUT2D eigenvalue weighted by atomic mass is 9.75. The Morgan fingerprint density at radius 2 is 1.98 bits per heavy atom. The van der Waals surface area contributed by atoms with Crippen LogP contribution in [0.5, 0.6) is 6.01 Å². The molecule has 4 heterocycles. The number of rotatable bonds is 11. The molecule has 1 aliphatic heterocycles. The summed E-state index contributed by atoms with van der Waals surface area (Å²) in [7, 11) is 4.08. The van der Waals surface area contributed by atoms with Gasteiger partial charge in [-0.05, 0) is 66.8 Å². The van der Waals surface area contributed by atoms with Crippen molar-refractivity contribution in [3.8, 4) is 23.3 Å². The van der Waals surface area contributed by atoms with Gasteiger partial charge in [0.05, 0.1) is 35.0 Å². The van der Waals surface area contributed by atoms with Crippen molar-refractivity contribution in [3.63, 3.8) is 0 Å². The Kier molecular flexibility index (Phi) is 8.75. The molecule has 0 unspecified atom stereocenters. The highest BCUT2D eigenvalue weighted by Gasteiger charge is 2.46. The maximum atomic E-state index is 16.8. The first-order chi connectivity index (χ1) is 23.5. The van der Waals surface area contributed by atoms with Crippen molar-refractivity contribution in [2.45, 2.75) is 63.6 Å². The summed E-state index contributed by atoms with van der Waals surface area (Å²) in [5.41, 5.74) is -1.15. The molecule has 3 aliphatic rings. The molecular weight excluding hydrogens is 654 g/mol. The maximum absolute atomic E-state index is 16.8. The number of halogens is 3. The number of aromatic nitrogens is 3. The van der Waals surface area contributed by atoms with Gasteiger partial charge in [-0.25, -0.2) is 13.2 Å². The van der Waals surface area contributed by atoms with E-state index in [1.165, 1.54) is 6.20 Å². The van der Waals surface area contributed by atoms with Crippen molar-refractivity contribution in [3.05, 3.63) is 35.3 Å². The van der Waals surface area contributed by atoms with Crippen molar-refractivity contribution in [2.24, 2.45) is 10.4 Å². The smallest absolute Gasteiger partial charge is 0.319 e. The zero-order valence-electron chi connectivity index (χ0n) is 28.1. The number of pyridine rings is 1. The normalized spacial score (nSPS) is 21.4. The molecule has 3 fully saturated rings. The highest BCUT2D eigenvalue weighted by Crippen LogP contribution is 2.48. The third-order valence-electron chi connectivity index (χ3n) is 10.6. The Hall–Kier alpha value is -3.90. The van der Waals surface area contributed by atoms with Crippen molar-refractivity contribution >= 4 is 49.9 Å². The number of hydrogen-bond donors (Lipinski definition) is 1. The van der Waals surface area contributed by atoms with Gasteiger partial charge in [0, 0.05) is 59.8 Å². The highest BCUT2D eigenvalue weighted by atomic mass is 32.1. The second-order valence-electron chi connectivity index (χ2n) is 14.0. The minimum Gasteiger partial charge on any atom is -0.463 e. The van der Waals surface area contributed by atoms with Crippen molar-refractivity contribution < 1.29 is 22.6 Å². The third kappa shape index (κ3) is 6.00. The molecule has 0 radical (unpaired) electrons. The molecule has 1 N–H and O–H groups in total. The first kappa shape index (κ1) is 33.6. The molecule has 1 saturated heterocycles. The lowest BCUT2D eigenvalue weighted by molar-refractivity contribution is -0.0580. The predicted octanol–water partition coefficient (Wildman–Crippen LogP) is 6.69. The minimum absolute atomic E-state index is 0.00986. The molecule has 10 nitrogen and oxygen atoms in total. The van der Waals surface area contributed by atoms with E-state index in [4.69, 9.17) is 14.5 Å². The number of nitrogens with one attached hydrogen (secondary N) is 1. The fourth-order valence-corrected chi connectivity index (χ4v) is 8.00. The van der Waals surface area contributed by atoms with Gasteiger partial charge in [0.25, 0.3) is 0 Å². The number of nitriles is 1.